The molecule has 0 aliphatic heterocycles. The minimum absolute atomic E-state index is 0.201. The quantitative estimate of drug-likeness (QED) is 0.282. The number of rotatable bonds is 9. The summed E-state index contributed by atoms with van der Waals surface area (Å²) in [4.78, 5) is 32.6. The average Bonchev–Trinajstić information content (AvgIpc) is 2.52. The van der Waals surface area contributed by atoms with Crippen molar-refractivity contribution in [1.82, 2.24) is 5.32 Å². The van der Waals surface area contributed by atoms with Crippen LogP contribution in [0.2, 0.25) is 0 Å². The maximum Gasteiger partial charge on any atom is 0.410 e. The normalized spacial score (nSPS) is 18.0. The number of carbonyl (C=O) groups excluding carboxylic acids is 2. The zero-order valence-electron chi connectivity index (χ0n) is 14.7. The summed E-state index contributed by atoms with van der Waals surface area (Å²) >= 11 is 0. The van der Waals surface area contributed by atoms with Crippen LogP contribution < -0.4 is 5.32 Å². The molecule has 0 aromatic heterocycles. The molecular weight excluding hydrogens is 333 g/mol. The van der Waals surface area contributed by atoms with Gasteiger partial charge in [-0.25, -0.2) is 4.79 Å². The first-order valence-corrected chi connectivity index (χ1v) is 10.7. The van der Waals surface area contributed by atoms with Crippen molar-refractivity contribution in [3.05, 3.63) is 0 Å². The Balaban J connectivity index is 2.10. The molecule has 1 unspecified atom stereocenters. The van der Waals surface area contributed by atoms with Gasteiger partial charge in [0.25, 0.3) is 0 Å². The Morgan fingerprint density at radius 2 is 1.88 bits per heavy atom. The number of carbonyl (C=O) groups is 2. The van der Waals surface area contributed by atoms with Gasteiger partial charge in [0.2, 0.25) is 14.2 Å². The predicted octanol–water partition coefficient (Wildman–Crippen LogP) is 3.11. The largest absolute Gasteiger partial charge is 0.428 e. The van der Waals surface area contributed by atoms with E-state index >= 15 is 0 Å². The molecule has 0 spiro atoms. The Bertz CT molecular complexity index is 448. The molecule has 2 N–H and O–H groups in total. The minimum atomic E-state index is -3.13. The summed E-state index contributed by atoms with van der Waals surface area (Å²) in [5.74, 6) is -0.352. The van der Waals surface area contributed by atoms with Crippen molar-refractivity contribution in [2.24, 2.45) is 11.8 Å². The standard InChI is InChI=1S/C16H30NO6P/c1-13(2)15(18)22-12-23-16(19)17-9-6-10-24(20,21)11-14-7-4-3-5-8-14/h13-14H,3-12H2,1-2H3,(H,17,19)(H,20,21). The topological polar surface area (TPSA) is 102 Å². The van der Waals surface area contributed by atoms with Gasteiger partial charge in [-0.15, -0.1) is 0 Å². The summed E-state index contributed by atoms with van der Waals surface area (Å²) in [5.41, 5.74) is 0. The van der Waals surface area contributed by atoms with Crippen LogP contribution in [0.4, 0.5) is 4.79 Å². The van der Waals surface area contributed by atoms with Crippen molar-refractivity contribution in [3.63, 3.8) is 0 Å². The van der Waals surface area contributed by atoms with Gasteiger partial charge in [-0.3, -0.25) is 9.36 Å². The van der Waals surface area contributed by atoms with E-state index in [9.17, 15) is 19.0 Å². The van der Waals surface area contributed by atoms with Crippen molar-refractivity contribution in [1.29, 1.82) is 0 Å². The smallest absolute Gasteiger partial charge is 0.410 e. The molecule has 24 heavy (non-hydrogen) atoms. The fraction of sp³-hybridized carbons (Fsp3) is 0.875. The van der Waals surface area contributed by atoms with E-state index in [2.05, 4.69) is 5.32 Å². The Hall–Kier alpha value is -1.07. The summed E-state index contributed by atoms with van der Waals surface area (Å²) in [7, 11) is -3.13. The van der Waals surface area contributed by atoms with E-state index in [1.54, 1.807) is 13.8 Å². The van der Waals surface area contributed by atoms with Crippen molar-refractivity contribution < 1.29 is 28.5 Å². The number of ether oxygens (including phenoxy) is 2. The van der Waals surface area contributed by atoms with Gasteiger partial charge in [0, 0.05) is 18.9 Å². The van der Waals surface area contributed by atoms with Crippen LogP contribution in [0.15, 0.2) is 0 Å². The molecule has 0 bridgehead atoms. The molecule has 140 valence electrons. The predicted molar refractivity (Wildman–Crippen MR) is 91.0 cm³/mol. The fourth-order valence-electron chi connectivity index (χ4n) is 2.74. The maximum atomic E-state index is 12.2. The number of alkyl carbamates (subject to hydrolysis) is 1. The van der Waals surface area contributed by atoms with Crippen molar-refractivity contribution in [2.45, 2.75) is 52.4 Å². The molecule has 1 aliphatic rings. The summed E-state index contributed by atoms with van der Waals surface area (Å²) in [6, 6.07) is 0. The van der Waals surface area contributed by atoms with E-state index in [0.717, 1.165) is 25.7 Å². The van der Waals surface area contributed by atoms with Crippen LogP contribution in [0, 0.1) is 11.8 Å². The highest BCUT2D eigenvalue weighted by atomic mass is 31.2. The van der Waals surface area contributed by atoms with E-state index in [-0.39, 0.29) is 18.6 Å². The van der Waals surface area contributed by atoms with Crippen molar-refractivity contribution in [3.8, 4) is 0 Å². The fourth-order valence-corrected chi connectivity index (χ4v) is 4.75. The highest BCUT2D eigenvalue weighted by molar-refractivity contribution is 7.57. The molecular formula is C16H30NO6P. The second kappa shape index (κ2) is 10.7. The van der Waals surface area contributed by atoms with Gasteiger partial charge in [0.15, 0.2) is 0 Å². The van der Waals surface area contributed by atoms with Gasteiger partial charge in [-0.2, -0.15) is 0 Å². The summed E-state index contributed by atoms with van der Waals surface area (Å²) in [6.07, 6.45) is 5.93. The summed E-state index contributed by atoms with van der Waals surface area (Å²) < 4.78 is 21.6. The van der Waals surface area contributed by atoms with Crippen LogP contribution in [0.5, 0.6) is 0 Å². The number of nitrogens with one attached hydrogen (secondary N) is 1. The zero-order chi connectivity index (χ0) is 18.0. The van der Waals surface area contributed by atoms with Gasteiger partial charge in [-0.05, 0) is 25.2 Å². The van der Waals surface area contributed by atoms with Crippen LogP contribution in [-0.2, 0) is 18.8 Å². The molecule has 0 heterocycles. The molecule has 1 fully saturated rings. The van der Waals surface area contributed by atoms with E-state index in [4.69, 9.17) is 9.47 Å². The molecule has 1 rings (SSSR count). The second-order valence-electron chi connectivity index (χ2n) is 6.70. The van der Waals surface area contributed by atoms with Gasteiger partial charge >= 0.3 is 12.1 Å². The van der Waals surface area contributed by atoms with Gasteiger partial charge in [0.1, 0.15) is 0 Å². The second-order valence-corrected chi connectivity index (χ2v) is 9.21. The van der Waals surface area contributed by atoms with E-state index in [1.165, 1.54) is 6.42 Å². The van der Waals surface area contributed by atoms with Crippen LogP contribution in [0.1, 0.15) is 52.4 Å². The SMILES string of the molecule is CC(C)C(=O)OCOC(=O)NCCCP(=O)(O)CC1CCCCC1. The lowest BCUT2D eigenvalue weighted by atomic mass is 9.91. The zero-order valence-corrected chi connectivity index (χ0v) is 15.6. The third-order valence-corrected chi connectivity index (χ3v) is 6.19. The van der Waals surface area contributed by atoms with E-state index in [1.807, 2.05) is 0 Å². The van der Waals surface area contributed by atoms with Gasteiger partial charge < -0.3 is 19.7 Å². The molecule has 8 heteroatoms. The molecule has 1 aliphatic carbocycles. The van der Waals surface area contributed by atoms with Crippen LogP contribution in [0.3, 0.4) is 0 Å². The van der Waals surface area contributed by atoms with Gasteiger partial charge in [-0.1, -0.05) is 33.1 Å². The molecule has 1 atom stereocenters. The molecule has 1 amide bonds. The summed E-state index contributed by atoms with van der Waals surface area (Å²) in [5, 5.41) is 2.48. The molecule has 0 saturated heterocycles. The number of esters is 1. The third-order valence-electron chi connectivity index (χ3n) is 4.08. The lowest BCUT2D eigenvalue weighted by molar-refractivity contribution is -0.155. The van der Waals surface area contributed by atoms with Gasteiger partial charge in [0.05, 0.1) is 5.92 Å². The number of hydrogen-bond acceptors (Lipinski definition) is 5. The Kier molecular flexibility index (Phi) is 9.37. The first kappa shape index (κ1) is 21.0. The van der Waals surface area contributed by atoms with E-state index in [0.29, 0.717) is 18.5 Å². The Labute approximate surface area is 143 Å². The monoisotopic (exact) mass is 363 g/mol. The summed E-state index contributed by atoms with van der Waals surface area (Å²) in [6.45, 7) is 3.20. The van der Waals surface area contributed by atoms with E-state index < -0.39 is 26.2 Å². The highest BCUT2D eigenvalue weighted by Crippen LogP contribution is 2.45. The highest BCUT2D eigenvalue weighted by Gasteiger charge is 2.25. The first-order chi connectivity index (χ1) is 11.3. The lowest BCUT2D eigenvalue weighted by Crippen LogP contribution is -2.27. The first-order valence-electron chi connectivity index (χ1n) is 8.68. The molecule has 0 aromatic rings. The van der Waals surface area contributed by atoms with Crippen LogP contribution in [0.25, 0.3) is 0 Å². The average molecular weight is 363 g/mol. The molecule has 7 nitrogen and oxygen atoms in total. The third kappa shape index (κ3) is 9.28. The number of hydrogen-bond donors (Lipinski definition) is 2. The lowest BCUT2D eigenvalue weighted by Gasteiger charge is -2.24. The van der Waals surface area contributed by atoms with Crippen LogP contribution >= 0.6 is 7.37 Å². The number of amides is 1. The maximum absolute atomic E-state index is 12.2. The van der Waals surface area contributed by atoms with Crippen molar-refractivity contribution >= 4 is 19.4 Å². The molecule has 1 saturated carbocycles. The van der Waals surface area contributed by atoms with Crippen molar-refractivity contribution in [2.75, 3.05) is 25.7 Å². The Morgan fingerprint density at radius 3 is 2.50 bits per heavy atom. The Morgan fingerprint density at radius 1 is 1.21 bits per heavy atom. The van der Waals surface area contributed by atoms with Crippen LogP contribution in [-0.4, -0.2) is 42.6 Å². The minimum Gasteiger partial charge on any atom is -0.428 e. The molecule has 0 aromatic carbocycles. The molecule has 0 radical (unpaired) electrons.